The molecule has 3 aliphatic rings. The number of piperidine rings is 3. The molecule has 3 saturated heterocycles. The van der Waals surface area contributed by atoms with Gasteiger partial charge in [-0.2, -0.15) is 0 Å². The average molecular weight is 324 g/mol. The Labute approximate surface area is 136 Å². The zero-order valence-corrected chi connectivity index (χ0v) is 14.1. The van der Waals surface area contributed by atoms with Crippen LogP contribution in [0.4, 0.5) is 0 Å². The number of hydrogen-bond acceptors (Lipinski definition) is 3. The van der Waals surface area contributed by atoms with E-state index < -0.39 is 0 Å². The maximum absolute atomic E-state index is 6.00. The first kappa shape index (κ1) is 18.5. The number of nitrogens with two attached hydrogens (primary N) is 1. The summed E-state index contributed by atoms with van der Waals surface area (Å²) >= 11 is 0. The summed E-state index contributed by atoms with van der Waals surface area (Å²) in [6.07, 6.45) is 9.66. The minimum absolute atomic E-state index is 0. The Kier molecular flexibility index (Phi) is 8.14. The van der Waals surface area contributed by atoms with Crippen LogP contribution in [0.15, 0.2) is 0 Å². The Morgan fingerprint density at radius 2 is 1.50 bits per heavy atom. The van der Waals surface area contributed by atoms with E-state index in [-0.39, 0.29) is 24.8 Å². The van der Waals surface area contributed by atoms with Gasteiger partial charge in [-0.05, 0) is 70.6 Å². The van der Waals surface area contributed by atoms with Crippen molar-refractivity contribution in [3.8, 4) is 0 Å². The summed E-state index contributed by atoms with van der Waals surface area (Å²) in [7, 11) is 0. The second-order valence-corrected chi connectivity index (χ2v) is 6.64. The fourth-order valence-corrected chi connectivity index (χ4v) is 4.26. The van der Waals surface area contributed by atoms with Gasteiger partial charge in [0.1, 0.15) is 0 Å². The zero-order chi connectivity index (χ0) is 12.4. The van der Waals surface area contributed by atoms with Gasteiger partial charge >= 0.3 is 0 Å². The molecule has 3 nitrogen and oxygen atoms in total. The molecule has 0 aromatic rings. The predicted molar refractivity (Wildman–Crippen MR) is 90.1 cm³/mol. The Morgan fingerprint density at radius 3 is 2.25 bits per heavy atom. The third kappa shape index (κ3) is 4.48. The van der Waals surface area contributed by atoms with Crippen LogP contribution in [0.2, 0.25) is 0 Å². The van der Waals surface area contributed by atoms with Crippen molar-refractivity contribution >= 4 is 24.8 Å². The van der Waals surface area contributed by atoms with Crippen LogP contribution in [-0.2, 0) is 0 Å². The number of fused-ring (bicyclic) bond motifs is 1. The lowest BCUT2D eigenvalue weighted by Crippen LogP contribution is -2.52. The molecule has 0 aromatic heterocycles. The maximum Gasteiger partial charge on any atom is 0.0136 e. The number of hydrogen-bond donors (Lipinski definition) is 1. The summed E-state index contributed by atoms with van der Waals surface area (Å²) in [5.41, 5.74) is 6.00. The van der Waals surface area contributed by atoms with E-state index in [1.54, 1.807) is 0 Å². The van der Waals surface area contributed by atoms with Crippen LogP contribution < -0.4 is 5.73 Å². The van der Waals surface area contributed by atoms with Crippen LogP contribution in [0, 0.1) is 5.92 Å². The highest BCUT2D eigenvalue weighted by Crippen LogP contribution is 2.31. The summed E-state index contributed by atoms with van der Waals surface area (Å²) in [5, 5.41) is 0. The molecule has 0 radical (unpaired) electrons. The Balaban J connectivity index is 0.000001000. The van der Waals surface area contributed by atoms with Gasteiger partial charge in [0.05, 0.1) is 0 Å². The largest absolute Gasteiger partial charge is 0.328 e. The number of rotatable bonds is 2. The molecule has 0 saturated carbocycles. The van der Waals surface area contributed by atoms with E-state index in [0.29, 0.717) is 6.04 Å². The molecule has 3 heterocycles. The minimum atomic E-state index is 0. The van der Waals surface area contributed by atoms with Gasteiger partial charge in [-0.1, -0.05) is 6.42 Å². The molecule has 2 N–H and O–H groups in total. The first-order chi connectivity index (χ1) is 8.83. The van der Waals surface area contributed by atoms with Gasteiger partial charge in [0.2, 0.25) is 0 Å². The molecule has 0 unspecified atom stereocenters. The van der Waals surface area contributed by atoms with E-state index in [1.807, 2.05) is 0 Å². The monoisotopic (exact) mass is 323 g/mol. The second-order valence-electron chi connectivity index (χ2n) is 6.64. The summed E-state index contributed by atoms with van der Waals surface area (Å²) in [4.78, 5) is 5.47. The van der Waals surface area contributed by atoms with Crippen molar-refractivity contribution in [3.63, 3.8) is 0 Å². The Morgan fingerprint density at radius 1 is 0.800 bits per heavy atom. The van der Waals surface area contributed by atoms with Crippen LogP contribution in [0.5, 0.6) is 0 Å². The zero-order valence-electron chi connectivity index (χ0n) is 12.5. The normalized spacial score (nSPS) is 32.9. The molecule has 3 fully saturated rings. The molecule has 5 heteroatoms. The van der Waals surface area contributed by atoms with Crippen molar-refractivity contribution in [1.29, 1.82) is 0 Å². The van der Waals surface area contributed by atoms with Gasteiger partial charge in [0.25, 0.3) is 0 Å². The summed E-state index contributed by atoms with van der Waals surface area (Å²) in [6.45, 7) is 6.56. The van der Waals surface area contributed by atoms with Gasteiger partial charge in [-0.15, -0.1) is 24.8 Å². The fraction of sp³-hybridized carbons (Fsp3) is 1.00. The van der Waals surface area contributed by atoms with E-state index in [4.69, 9.17) is 5.73 Å². The van der Waals surface area contributed by atoms with Crippen molar-refractivity contribution < 1.29 is 0 Å². The Bertz CT molecular complexity index is 268. The molecule has 0 aliphatic carbocycles. The van der Waals surface area contributed by atoms with E-state index in [0.717, 1.165) is 12.0 Å². The summed E-state index contributed by atoms with van der Waals surface area (Å²) < 4.78 is 0. The molecule has 2 atom stereocenters. The molecular weight excluding hydrogens is 293 g/mol. The summed E-state index contributed by atoms with van der Waals surface area (Å²) in [5.74, 6) is 0.938. The van der Waals surface area contributed by atoms with Crippen LogP contribution in [0.25, 0.3) is 0 Å². The molecule has 0 spiro atoms. The van der Waals surface area contributed by atoms with Crippen LogP contribution >= 0.6 is 24.8 Å². The highest BCUT2D eigenvalue weighted by molar-refractivity contribution is 5.85. The molecule has 0 bridgehead atoms. The van der Waals surface area contributed by atoms with Crippen molar-refractivity contribution in [1.82, 2.24) is 9.80 Å². The van der Waals surface area contributed by atoms with Gasteiger partial charge in [0.15, 0.2) is 0 Å². The van der Waals surface area contributed by atoms with Crippen LogP contribution in [0.1, 0.15) is 44.9 Å². The SMILES string of the molecule is Cl.Cl.NC1CCN(C[C@@H]2CCCN3CCCC[C@H]23)CC1. The highest BCUT2D eigenvalue weighted by Gasteiger charge is 2.34. The first-order valence-electron chi connectivity index (χ1n) is 8.05. The van der Waals surface area contributed by atoms with Gasteiger partial charge in [0, 0.05) is 18.6 Å². The van der Waals surface area contributed by atoms with Gasteiger partial charge < -0.3 is 15.5 Å². The van der Waals surface area contributed by atoms with Crippen LogP contribution in [0.3, 0.4) is 0 Å². The Hall–Kier alpha value is 0.460. The lowest BCUT2D eigenvalue weighted by atomic mass is 9.83. The third-order valence-corrected chi connectivity index (χ3v) is 5.35. The maximum atomic E-state index is 6.00. The second kappa shape index (κ2) is 8.79. The summed E-state index contributed by atoms with van der Waals surface area (Å²) in [6, 6.07) is 1.38. The first-order valence-corrected chi connectivity index (χ1v) is 8.05. The van der Waals surface area contributed by atoms with Gasteiger partial charge in [-0.25, -0.2) is 0 Å². The fourth-order valence-electron chi connectivity index (χ4n) is 4.26. The molecule has 0 aromatic carbocycles. The number of halogens is 2. The topological polar surface area (TPSA) is 32.5 Å². The van der Waals surface area contributed by atoms with E-state index in [2.05, 4.69) is 9.80 Å². The molecule has 3 rings (SSSR count). The smallest absolute Gasteiger partial charge is 0.0136 e. The quantitative estimate of drug-likeness (QED) is 0.847. The van der Waals surface area contributed by atoms with Crippen LogP contribution in [-0.4, -0.2) is 54.6 Å². The number of likely N-dealkylation sites (tertiary alicyclic amines) is 1. The highest BCUT2D eigenvalue weighted by atomic mass is 35.5. The van der Waals surface area contributed by atoms with E-state index >= 15 is 0 Å². The lowest BCUT2D eigenvalue weighted by molar-refractivity contribution is 0.0361. The average Bonchev–Trinajstić information content (AvgIpc) is 2.42. The minimum Gasteiger partial charge on any atom is -0.328 e. The van der Waals surface area contributed by atoms with E-state index in [1.165, 1.54) is 77.7 Å². The third-order valence-electron chi connectivity index (χ3n) is 5.35. The predicted octanol–water partition coefficient (Wildman–Crippen LogP) is 2.52. The van der Waals surface area contributed by atoms with E-state index in [9.17, 15) is 0 Å². The molecule has 0 amide bonds. The van der Waals surface area contributed by atoms with Crippen molar-refractivity contribution in [2.45, 2.75) is 57.0 Å². The molecular formula is C15H31Cl2N3. The standard InChI is InChI=1S/C15H29N3.2ClH/c16-14-6-10-17(11-7-14)12-13-4-3-9-18-8-2-1-5-15(13)18;;/h13-15H,1-12,16H2;2*1H/t13-,15+;;/m0../s1. The molecule has 120 valence electrons. The number of nitrogens with zero attached hydrogens (tertiary/aromatic N) is 2. The molecule has 20 heavy (non-hydrogen) atoms. The lowest BCUT2D eigenvalue weighted by Gasteiger charge is -2.46. The van der Waals surface area contributed by atoms with Crippen molar-refractivity contribution in [2.24, 2.45) is 11.7 Å². The van der Waals surface area contributed by atoms with Crippen molar-refractivity contribution in [3.05, 3.63) is 0 Å². The van der Waals surface area contributed by atoms with Crippen molar-refractivity contribution in [2.75, 3.05) is 32.7 Å². The van der Waals surface area contributed by atoms with Gasteiger partial charge in [-0.3, -0.25) is 0 Å². The molecule has 3 aliphatic heterocycles.